The fourth-order valence-corrected chi connectivity index (χ4v) is 3.05. The van der Waals surface area contributed by atoms with Gasteiger partial charge < -0.3 is 0 Å². The second kappa shape index (κ2) is 2.43. The summed E-state index contributed by atoms with van der Waals surface area (Å²) >= 11 is 0. The molecule has 0 aromatic heterocycles. The van der Waals surface area contributed by atoms with Crippen LogP contribution >= 0.6 is 0 Å². The standard InChI is InChI=1S/C15H10O/c1-8-11-6-4-9-2-3-10-5-7-12(15(8)16)14(11)13(9)10/h4-7H,1-3H2. The van der Waals surface area contributed by atoms with Gasteiger partial charge in [-0.25, -0.2) is 0 Å². The average molecular weight is 206 g/mol. The largest absolute Gasteiger partial charge is 0.289 e. The molecule has 0 radical (unpaired) electrons. The number of rotatable bonds is 0. The molecule has 0 spiro atoms. The minimum atomic E-state index is 0.102. The van der Waals surface area contributed by atoms with E-state index in [1.165, 1.54) is 16.5 Å². The minimum Gasteiger partial charge on any atom is -0.289 e. The third kappa shape index (κ3) is 0.735. The maximum Gasteiger partial charge on any atom is 0.193 e. The van der Waals surface area contributed by atoms with Gasteiger partial charge in [-0.1, -0.05) is 30.8 Å². The Morgan fingerprint density at radius 2 is 1.50 bits per heavy atom. The number of aryl methyl sites for hydroxylation is 2. The molecule has 0 aliphatic heterocycles. The van der Waals surface area contributed by atoms with Crippen LogP contribution in [0.3, 0.4) is 0 Å². The van der Waals surface area contributed by atoms with Gasteiger partial charge in [-0.05, 0) is 34.7 Å². The molecule has 0 bridgehead atoms. The van der Waals surface area contributed by atoms with Crippen LogP contribution in [0.5, 0.6) is 0 Å². The Morgan fingerprint density at radius 1 is 0.875 bits per heavy atom. The molecule has 0 atom stereocenters. The molecule has 0 fully saturated rings. The second-order valence-corrected chi connectivity index (χ2v) is 4.60. The SMILES string of the molecule is C=c1c(=O)c2ccc3c4c(ccc1c42)CC3. The summed E-state index contributed by atoms with van der Waals surface area (Å²) < 4.78 is 0. The quantitative estimate of drug-likeness (QED) is 0.550. The van der Waals surface area contributed by atoms with E-state index in [9.17, 15) is 4.79 Å². The fraction of sp³-hybridized carbons (Fsp3) is 0.133. The summed E-state index contributed by atoms with van der Waals surface area (Å²) in [7, 11) is 0. The van der Waals surface area contributed by atoms with E-state index in [1.807, 2.05) is 6.07 Å². The molecule has 0 N–H and O–H groups in total. The lowest BCUT2D eigenvalue weighted by Gasteiger charge is -2.01. The van der Waals surface area contributed by atoms with E-state index in [0.717, 1.165) is 29.0 Å². The van der Waals surface area contributed by atoms with Crippen molar-refractivity contribution in [3.63, 3.8) is 0 Å². The first-order valence-corrected chi connectivity index (χ1v) is 5.59. The third-order valence-electron chi connectivity index (χ3n) is 3.84. The number of hydrogen-bond donors (Lipinski definition) is 0. The van der Waals surface area contributed by atoms with Gasteiger partial charge in [-0.15, -0.1) is 0 Å². The first-order valence-electron chi connectivity index (χ1n) is 5.59. The Kier molecular flexibility index (Phi) is 1.26. The smallest absolute Gasteiger partial charge is 0.193 e. The molecule has 16 heavy (non-hydrogen) atoms. The Balaban J connectivity index is 2.54. The maximum atomic E-state index is 12.0. The summed E-state index contributed by atoms with van der Waals surface area (Å²) in [5, 5.41) is 5.03. The maximum absolute atomic E-state index is 12.0. The molecule has 0 saturated carbocycles. The molecular formula is C15H10O. The average Bonchev–Trinajstić information content (AvgIpc) is 2.82. The van der Waals surface area contributed by atoms with E-state index in [4.69, 9.17) is 0 Å². The molecular weight excluding hydrogens is 196 g/mol. The second-order valence-electron chi connectivity index (χ2n) is 4.60. The van der Waals surface area contributed by atoms with Crippen molar-refractivity contribution in [3.8, 4) is 0 Å². The van der Waals surface area contributed by atoms with Gasteiger partial charge in [0.05, 0.1) is 0 Å². The molecule has 3 aromatic rings. The molecule has 0 heterocycles. The van der Waals surface area contributed by atoms with Crippen LogP contribution in [-0.4, -0.2) is 0 Å². The molecule has 0 saturated heterocycles. The Hall–Kier alpha value is -1.89. The molecule has 0 amide bonds. The summed E-state index contributed by atoms with van der Waals surface area (Å²) in [6.45, 7) is 3.91. The molecule has 0 unspecified atom stereocenters. The van der Waals surface area contributed by atoms with E-state index in [-0.39, 0.29) is 5.43 Å². The van der Waals surface area contributed by atoms with Crippen molar-refractivity contribution < 1.29 is 0 Å². The van der Waals surface area contributed by atoms with Crippen LogP contribution in [0.2, 0.25) is 0 Å². The van der Waals surface area contributed by atoms with Crippen LogP contribution in [-0.2, 0) is 12.8 Å². The van der Waals surface area contributed by atoms with E-state index < -0.39 is 0 Å². The van der Waals surface area contributed by atoms with Gasteiger partial charge in [0.1, 0.15) is 0 Å². The van der Waals surface area contributed by atoms with Crippen molar-refractivity contribution in [2.24, 2.45) is 0 Å². The van der Waals surface area contributed by atoms with Crippen molar-refractivity contribution in [2.75, 3.05) is 0 Å². The topological polar surface area (TPSA) is 17.1 Å². The van der Waals surface area contributed by atoms with Crippen molar-refractivity contribution in [1.29, 1.82) is 0 Å². The van der Waals surface area contributed by atoms with Gasteiger partial charge >= 0.3 is 0 Å². The van der Waals surface area contributed by atoms with Gasteiger partial charge in [0.25, 0.3) is 0 Å². The number of hydrogen-bond acceptors (Lipinski definition) is 1. The lowest BCUT2D eigenvalue weighted by molar-refractivity contribution is 1.02. The molecule has 1 aliphatic rings. The van der Waals surface area contributed by atoms with Crippen LogP contribution in [0.1, 0.15) is 11.1 Å². The van der Waals surface area contributed by atoms with Gasteiger partial charge in [0, 0.05) is 16.0 Å². The van der Waals surface area contributed by atoms with E-state index >= 15 is 0 Å². The van der Waals surface area contributed by atoms with Crippen LogP contribution in [0.4, 0.5) is 0 Å². The highest BCUT2D eigenvalue weighted by molar-refractivity contribution is 6.14. The highest BCUT2D eigenvalue weighted by Gasteiger charge is 2.19. The predicted octanol–water partition coefficient (Wildman–Crippen LogP) is 2.02. The molecule has 1 nitrogen and oxygen atoms in total. The zero-order chi connectivity index (χ0) is 10.9. The lowest BCUT2D eigenvalue weighted by atomic mass is 10.0. The predicted molar refractivity (Wildman–Crippen MR) is 67.1 cm³/mol. The molecule has 1 aliphatic carbocycles. The van der Waals surface area contributed by atoms with Crippen molar-refractivity contribution in [2.45, 2.75) is 12.8 Å². The van der Waals surface area contributed by atoms with Crippen molar-refractivity contribution >= 4 is 28.1 Å². The van der Waals surface area contributed by atoms with Crippen LogP contribution in [0.15, 0.2) is 29.1 Å². The van der Waals surface area contributed by atoms with E-state index in [0.29, 0.717) is 5.22 Å². The first kappa shape index (κ1) is 8.28. The minimum absolute atomic E-state index is 0.102. The number of benzene rings is 2. The van der Waals surface area contributed by atoms with Crippen LogP contribution < -0.4 is 10.6 Å². The Morgan fingerprint density at radius 3 is 2.19 bits per heavy atom. The molecule has 76 valence electrons. The summed E-state index contributed by atoms with van der Waals surface area (Å²) in [4.78, 5) is 12.0. The Bertz CT molecular complexity index is 763. The zero-order valence-electron chi connectivity index (χ0n) is 8.84. The summed E-state index contributed by atoms with van der Waals surface area (Å²) in [5.41, 5.74) is 2.88. The van der Waals surface area contributed by atoms with Gasteiger partial charge in [-0.3, -0.25) is 4.79 Å². The molecule has 4 rings (SSSR count). The zero-order valence-corrected chi connectivity index (χ0v) is 8.84. The third-order valence-corrected chi connectivity index (χ3v) is 3.84. The summed E-state index contributed by atoms with van der Waals surface area (Å²) in [6, 6.07) is 8.29. The fourth-order valence-electron chi connectivity index (χ4n) is 3.05. The highest BCUT2D eigenvalue weighted by Crippen LogP contribution is 2.34. The first-order chi connectivity index (χ1) is 7.77. The lowest BCUT2D eigenvalue weighted by Crippen LogP contribution is -2.16. The van der Waals surface area contributed by atoms with Crippen molar-refractivity contribution in [1.82, 2.24) is 0 Å². The highest BCUT2D eigenvalue weighted by atomic mass is 16.1. The Labute approximate surface area is 92.3 Å². The van der Waals surface area contributed by atoms with Crippen LogP contribution in [0.25, 0.3) is 28.1 Å². The summed E-state index contributed by atoms with van der Waals surface area (Å²) in [5.74, 6) is 0. The molecule has 3 aromatic carbocycles. The van der Waals surface area contributed by atoms with Crippen LogP contribution in [0, 0.1) is 0 Å². The van der Waals surface area contributed by atoms with Gasteiger partial charge in [-0.2, -0.15) is 0 Å². The van der Waals surface area contributed by atoms with Gasteiger partial charge in [0.2, 0.25) is 0 Å². The molecule has 1 heteroatoms. The van der Waals surface area contributed by atoms with Gasteiger partial charge in [0.15, 0.2) is 5.43 Å². The normalized spacial score (nSPS) is 14.2. The van der Waals surface area contributed by atoms with E-state index in [1.54, 1.807) is 0 Å². The monoisotopic (exact) mass is 206 g/mol. The van der Waals surface area contributed by atoms with E-state index in [2.05, 4.69) is 24.8 Å². The summed E-state index contributed by atoms with van der Waals surface area (Å²) in [6.07, 6.45) is 2.21. The van der Waals surface area contributed by atoms with Crippen molar-refractivity contribution in [3.05, 3.63) is 50.8 Å².